The lowest BCUT2D eigenvalue weighted by atomic mass is 10.1. The van der Waals surface area contributed by atoms with E-state index in [-0.39, 0.29) is 5.95 Å². The van der Waals surface area contributed by atoms with E-state index in [1.165, 1.54) is 0 Å². The van der Waals surface area contributed by atoms with Crippen molar-refractivity contribution in [1.82, 2.24) is 0 Å². The molecule has 1 radical (unpaired) electrons. The van der Waals surface area contributed by atoms with Gasteiger partial charge in [-0.15, -0.1) is 0 Å². The van der Waals surface area contributed by atoms with Crippen molar-refractivity contribution in [2.24, 2.45) is 0 Å². The zero-order chi connectivity index (χ0) is 7.68. The first kappa shape index (κ1) is 6.28. The van der Waals surface area contributed by atoms with Crippen LogP contribution >= 0.6 is 0 Å². The van der Waals surface area contributed by atoms with E-state index in [1.807, 2.05) is 18.2 Å². The second-order valence-corrected chi connectivity index (χ2v) is 2.44. The molecular formula is C9H7O2. The molecule has 55 valence electrons. The highest BCUT2D eigenvalue weighted by Gasteiger charge is 2.10. The number of hydrogen-bond acceptors (Lipinski definition) is 1. The van der Waals surface area contributed by atoms with E-state index in [1.54, 1.807) is 12.1 Å². The van der Waals surface area contributed by atoms with Crippen molar-refractivity contribution in [3.8, 4) is 5.75 Å². The Morgan fingerprint density at radius 2 is 2.09 bits per heavy atom. The Kier molecular flexibility index (Phi) is 1.32. The quantitative estimate of drug-likeness (QED) is 0.551. The van der Waals surface area contributed by atoms with Gasteiger partial charge in [0.2, 0.25) is 0 Å². The summed E-state index contributed by atoms with van der Waals surface area (Å²) in [6, 6.07) is 7.56. The van der Waals surface area contributed by atoms with Crippen molar-refractivity contribution >= 4 is 0 Å². The lowest BCUT2D eigenvalue weighted by molar-refractivity contribution is 0.138. The van der Waals surface area contributed by atoms with E-state index < -0.39 is 0 Å². The van der Waals surface area contributed by atoms with Gasteiger partial charge in [0.1, 0.15) is 5.75 Å². The van der Waals surface area contributed by atoms with Gasteiger partial charge in [-0.2, -0.15) is 0 Å². The first-order valence-electron chi connectivity index (χ1n) is 3.49. The van der Waals surface area contributed by atoms with Crippen LogP contribution in [0.4, 0.5) is 0 Å². The van der Waals surface area contributed by atoms with Crippen LogP contribution in [0.25, 0.3) is 0 Å². The smallest absolute Gasteiger partial charge is 0.332 e. The molecule has 0 aromatic heterocycles. The predicted molar refractivity (Wildman–Crippen MR) is 39.5 cm³/mol. The van der Waals surface area contributed by atoms with Crippen molar-refractivity contribution in [3.05, 3.63) is 41.9 Å². The van der Waals surface area contributed by atoms with Gasteiger partial charge in [-0.3, -0.25) is 0 Å². The van der Waals surface area contributed by atoms with E-state index in [2.05, 4.69) is 0 Å². The van der Waals surface area contributed by atoms with Gasteiger partial charge in [0.05, 0.1) is 0 Å². The average molecular weight is 147 g/mol. The topological polar surface area (TPSA) is 29.1 Å². The molecule has 0 spiro atoms. The number of benzene rings is 1. The first-order chi connectivity index (χ1) is 5.36. The fourth-order valence-electron chi connectivity index (χ4n) is 1.12. The third-order valence-corrected chi connectivity index (χ3v) is 1.67. The minimum absolute atomic E-state index is 0.247. The van der Waals surface area contributed by atoms with Crippen molar-refractivity contribution in [3.63, 3.8) is 0 Å². The number of rotatable bonds is 0. The van der Waals surface area contributed by atoms with Crippen LogP contribution in [0.2, 0.25) is 0 Å². The van der Waals surface area contributed by atoms with Crippen LogP contribution in [0.1, 0.15) is 5.56 Å². The van der Waals surface area contributed by atoms with Gasteiger partial charge < -0.3 is 4.74 Å². The highest BCUT2D eigenvalue weighted by atomic mass is 16.6. The molecule has 11 heavy (non-hydrogen) atoms. The number of hydrogen-bond donors (Lipinski definition) is 0. The Hall–Kier alpha value is -1.44. The predicted octanol–water partition coefficient (Wildman–Crippen LogP) is 1.89. The Morgan fingerprint density at radius 1 is 1.27 bits per heavy atom. The van der Waals surface area contributed by atoms with Crippen LogP contribution in [-0.4, -0.2) is 0 Å². The largest absolute Gasteiger partial charge is 0.423 e. The van der Waals surface area contributed by atoms with Crippen molar-refractivity contribution < 1.29 is 9.84 Å². The van der Waals surface area contributed by atoms with E-state index >= 15 is 0 Å². The van der Waals surface area contributed by atoms with Gasteiger partial charge in [-0.1, -0.05) is 18.2 Å². The summed E-state index contributed by atoms with van der Waals surface area (Å²) in [5, 5.41) is 10.7. The standard InChI is InChI=1S/C9H7O2/c10-9-6-5-7-3-1-2-4-8(7)11-9/h1-4,6H,5H2. The SMILES string of the molecule is [O]C1=CCc2ccccc2O1. The molecule has 1 aliphatic rings. The van der Waals surface area contributed by atoms with Gasteiger partial charge in [0, 0.05) is 12.5 Å². The molecule has 2 nitrogen and oxygen atoms in total. The van der Waals surface area contributed by atoms with Crippen molar-refractivity contribution in [2.75, 3.05) is 0 Å². The zero-order valence-corrected chi connectivity index (χ0v) is 5.91. The highest BCUT2D eigenvalue weighted by Crippen LogP contribution is 2.24. The maximum absolute atomic E-state index is 10.7. The Bertz CT molecular complexity index is 302. The van der Waals surface area contributed by atoms with Crippen LogP contribution < -0.4 is 4.74 Å². The van der Waals surface area contributed by atoms with Gasteiger partial charge in [0.15, 0.2) is 0 Å². The summed E-state index contributed by atoms with van der Waals surface area (Å²) in [5.74, 6) is 0.448. The number of ether oxygens (including phenoxy) is 1. The van der Waals surface area contributed by atoms with Gasteiger partial charge in [-0.25, -0.2) is 5.11 Å². The molecule has 2 rings (SSSR count). The molecule has 0 saturated carbocycles. The summed E-state index contributed by atoms with van der Waals surface area (Å²) >= 11 is 0. The normalized spacial score (nSPS) is 14.7. The average Bonchev–Trinajstić information content (AvgIpc) is 2.04. The second kappa shape index (κ2) is 2.31. The maximum atomic E-state index is 10.7. The number of para-hydroxylation sites is 1. The van der Waals surface area contributed by atoms with Crippen LogP contribution in [0.15, 0.2) is 36.3 Å². The summed E-state index contributed by atoms with van der Waals surface area (Å²) < 4.78 is 4.94. The third kappa shape index (κ3) is 1.07. The lowest BCUT2D eigenvalue weighted by Gasteiger charge is -2.11. The number of fused-ring (bicyclic) bond motifs is 1. The van der Waals surface area contributed by atoms with Crippen LogP contribution in [-0.2, 0) is 11.5 Å². The zero-order valence-electron chi connectivity index (χ0n) is 5.91. The van der Waals surface area contributed by atoms with E-state index in [4.69, 9.17) is 4.74 Å². The lowest BCUT2D eigenvalue weighted by Crippen LogP contribution is -2.01. The first-order valence-corrected chi connectivity index (χ1v) is 3.49. The van der Waals surface area contributed by atoms with Gasteiger partial charge in [-0.05, 0) is 11.6 Å². The van der Waals surface area contributed by atoms with Gasteiger partial charge in [0.25, 0.3) is 0 Å². The number of allylic oxidation sites excluding steroid dienone is 1. The molecule has 0 bridgehead atoms. The van der Waals surface area contributed by atoms with E-state index in [9.17, 15) is 5.11 Å². The van der Waals surface area contributed by atoms with Crippen LogP contribution in [0.5, 0.6) is 5.75 Å². The minimum atomic E-state index is -0.247. The van der Waals surface area contributed by atoms with Crippen LogP contribution in [0.3, 0.4) is 0 Å². The molecule has 0 N–H and O–H groups in total. The molecule has 2 heteroatoms. The Labute approximate surface area is 64.7 Å². The molecular weight excluding hydrogens is 140 g/mol. The fraction of sp³-hybridized carbons (Fsp3) is 0.111. The second-order valence-electron chi connectivity index (χ2n) is 2.44. The summed E-state index contributed by atoms with van der Waals surface area (Å²) in [6.45, 7) is 0. The van der Waals surface area contributed by atoms with Crippen molar-refractivity contribution in [2.45, 2.75) is 6.42 Å². The summed E-state index contributed by atoms with van der Waals surface area (Å²) in [4.78, 5) is 0. The van der Waals surface area contributed by atoms with Gasteiger partial charge >= 0.3 is 5.95 Å². The Balaban J connectivity index is 2.42. The third-order valence-electron chi connectivity index (χ3n) is 1.67. The molecule has 1 aromatic rings. The molecule has 0 atom stereocenters. The molecule has 1 heterocycles. The Morgan fingerprint density at radius 3 is 3.00 bits per heavy atom. The minimum Gasteiger partial charge on any atom is -0.423 e. The van der Waals surface area contributed by atoms with E-state index in [0.717, 1.165) is 5.56 Å². The monoisotopic (exact) mass is 147 g/mol. The molecule has 0 fully saturated rings. The summed E-state index contributed by atoms with van der Waals surface area (Å²) in [6.07, 6.45) is 2.23. The maximum Gasteiger partial charge on any atom is 0.332 e. The summed E-state index contributed by atoms with van der Waals surface area (Å²) in [5.41, 5.74) is 1.08. The summed E-state index contributed by atoms with van der Waals surface area (Å²) in [7, 11) is 0. The van der Waals surface area contributed by atoms with Crippen molar-refractivity contribution in [1.29, 1.82) is 0 Å². The molecule has 0 aliphatic carbocycles. The highest BCUT2D eigenvalue weighted by molar-refractivity contribution is 5.37. The molecule has 0 amide bonds. The molecule has 1 aromatic carbocycles. The fourth-order valence-corrected chi connectivity index (χ4v) is 1.12. The molecule has 0 saturated heterocycles. The molecule has 0 unspecified atom stereocenters. The molecule has 1 aliphatic heterocycles. The van der Waals surface area contributed by atoms with E-state index in [0.29, 0.717) is 12.2 Å². The van der Waals surface area contributed by atoms with Crippen LogP contribution in [0, 0.1) is 0 Å².